The predicted molar refractivity (Wildman–Crippen MR) is 67.8 cm³/mol. The van der Waals surface area contributed by atoms with E-state index < -0.39 is 5.97 Å². The molecule has 0 unspecified atom stereocenters. The van der Waals surface area contributed by atoms with Gasteiger partial charge in [0.15, 0.2) is 0 Å². The number of nitrogens with zero attached hydrogens (tertiary/aromatic N) is 1. The van der Waals surface area contributed by atoms with Gasteiger partial charge in [0.1, 0.15) is 0 Å². The molecule has 4 heteroatoms. The summed E-state index contributed by atoms with van der Waals surface area (Å²) in [6.07, 6.45) is 3.63. The van der Waals surface area contributed by atoms with Crippen LogP contribution in [0.2, 0.25) is 0 Å². The van der Waals surface area contributed by atoms with Crippen LogP contribution >= 0.6 is 0 Å². The number of fused-ring (bicyclic) bond motifs is 1. The lowest BCUT2D eigenvalue weighted by molar-refractivity contribution is 0.0602. The number of methoxy groups -OCH3 is 1. The van der Waals surface area contributed by atoms with Crippen LogP contribution in [0.3, 0.4) is 0 Å². The molecule has 1 aliphatic carbocycles. The van der Waals surface area contributed by atoms with E-state index >= 15 is 0 Å². The van der Waals surface area contributed by atoms with Crippen molar-refractivity contribution in [3.05, 3.63) is 46.4 Å². The molecule has 0 amide bonds. The second-order valence-electron chi connectivity index (χ2n) is 4.52. The van der Waals surface area contributed by atoms with Gasteiger partial charge in [-0.3, -0.25) is 4.79 Å². The quantitative estimate of drug-likeness (QED) is 0.759. The van der Waals surface area contributed by atoms with E-state index in [0.29, 0.717) is 16.3 Å². The van der Waals surface area contributed by atoms with E-state index in [1.807, 2.05) is 12.1 Å². The Morgan fingerprint density at radius 2 is 1.94 bits per heavy atom. The summed E-state index contributed by atoms with van der Waals surface area (Å²) in [7, 11) is 1.35. The molecular formula is C14H13NO3. The highest BCUT2D eigenvalue weighted by molar-refractivity contribution is 6.03. The van der Waals surface area contributed by atoms with Gasteiger partial charge in [0.05, 0.1) is 12.7 Å². The van der Waals surface area contributed by atoms with Crippen LogP contribution in [-0.2, 0) is 4.74 Å². The monoisotopic (exact) mass is 243 g/mol. The fraction of sp³-hybridized carbons (Fsp3) is 0.286. The summed E-state index contributed by atoms with van der Waals surface area (Å²) in [4.78, 5) is 24.1. The summed E-state index contributed by atoms with van der Waals surface area (Å²) >= 11 is 0. The van der Waals surface area contributed by atoms with E-state index in [9.17, 15) is 9.59 Å². The summed E-state index contributed by atoms with van der Waals surface area (Å²) in [5, 5.41) is 1.23. The SMILES string of the molecule is COC(=O)c1cn(C2CC2)c(=O)c2ccccc12. The van der Waals surface area contributed by atoms with Crippen LogP contribution in [0.4, 0.5) is 0 Å². The molecule has 0 spiro atoms. The number of esters is 1. The molecule has 0 saturated heterocycles. The number of hydrogen-bond acceptors (Lipinski definition) is 3. The Balaban J connectivity index is 2.36. The molecule has 1 heterocycles. The number of ether oxygens (including phenoxy) is 1. The normalized spacial score (nSPS) is 14.7. The molecule has 0 bridgehead atoms. The smallest absolute Gasteiger partial charge is 0.339 e. The molecule has 1 aliphatic rings. The second-order valence-corrected chi connectivity index (χ2v) is 4.52. The molecule has 1 saturated carbocycles. The van der Waals surface area contributed by atoms with Crippen LogP contribution < -0.4 is 5.56 Å². The van der Waals surface area contributed by atoms with Gasteiger partial charge in [0.25, 0.3) is 5.56 Å². The molecule has 1 aromatic carbocycles. The van der Waals surface area contributed by atoms with E-state index in [1.54, 1.807) is 22.9 Å². The fourth-order valence-corrected chi connectivity index (χ4v) is 2.21. The van der Waals surface area contributed by atoms with Crippen molar-refractivity contribution in [1.29, 1.82) is 0 Å². The van der Waals surface area contributed by atoms with Crippen LogP contribution in [0.5, 0.6) is 0 Å². The third kappa shape index (κ3) is 1.61. The van der Waals surface area contributed by atoms with Crippen LogP contribution in [0.15, 0.2) is 35.3 Å². The minimum Gasteiger partial charge on any atom is -0.465 e. The maximum Gasteiger partial charge on any atom is 0.339 e. The fourth-order valence-electron chi connectivity index (χ4n) is 2.21. The van der Waals surface area contributed by atoms with Crippen molar-refractivity contribution in [3.63, 3.8) is 0 Å². The zero-order chi connectivity index (χ0) is 12.7. The molecular weight excluding hydrogens is 230 g/mol. The van der Waals surface area contributed by atoms with Gasteiger partial charge < -0.3 is 9.30 Å². The number of carbonyl (C=O) groups is 1. The van der Waals surface area contributed by atoms with E-state index in [1.165, 1.54) is 7.11 Å². The molecule has 0 radical (unpaired) electrons. The van der Waals surface area contributed by atoms with Crippen molar-refractivity contribution in [2.75, 3.05) is 7.11 Å². The number of rotatable bonds is 2. The predicted octanol–water partition coefficient (Wildman–Crippen LogP) is 2.12. The van der Waals surface area contributed by atoms with Crippen LogP contribution in [0.1, 0.15) is 29.2 Å². The molecule has 4 nitrogen and oxygen atoms in total. The standard InChI is InChI=1S/C14H13NO3/c1-18-14(17)12-8-15(9-6-7-9)13(16)11-5-3-2-4-10(11)12/h2-5,8-9H,6-7H2,1H3. The molecule has 0 atom stereocenters. The number of hydrogen-bond donors (Lipinski definition) is 0. The molecule has 0 aliphatic heterocycles. The van der Waals surface area contributed by atoms with Gasteiger partial charge in [0.2, 0.25) is 0 Å². The maximum absolute atomic E-state index is 12.3. The van der Waals surface area contributed by atoms with Gasteiger partial charge >= 0.3 is 5.97 Å². The average Bonchev–Trinajstić information content (AvgIpc) is 3.23. The van der Waals surface area contributed by atoms with Crippen LogP contribution in [-0.4, -0.2) is 17.6 Å². The Hall–Kier alpha value is -2.10. The average molecular weight is 243 g/mol. The highest BCUT2D eigenvalue weighted by Gasteiger charge is 2.26. The van der Waals surface area contributed by atoms with E-state index in [0.717, 1.165) is 12.8 Å². The highest BCUT2D eigenvalue weighted by Crippen LogP contribution is 2.34. The minimum atomic E-state index is -0.402. The molecule has 1 aromatic heterocycles. The largest absolute Gasteiger partial charge is 0.465 e. The summed E-state index contributed by atoms with van der Waals surface area (Å²) in [5.41, 5.74) is 0.431. The Morgan fingerprint density at radius 1 is 1.28 bits per heavy atom. The van der Waals surface area contributed by atoms with Crippen molar-refractivity contribution >= 4 is 16.7 Å². The summed E-state index contributed by atoms with van der Waals surface area (Å²) in [5.74, 6) is -0.402. The first-order chi connectivity index (χ1) is 8.72. The summed E-state index contributed by atoms with van der Waals surface area (Å²) in [6, 6.07) is 7.39. The Morgan fingerprint density at radius 3 is 2.56 bits per heavy atom. The van der Waals surface area contributed by atoms with Gasteiger partial charge in [-0.15, -0.1) is 0 Å². The number of carbonyl (C=O) groups excluding carboxylic acids is 1. The van der Waals surface area contributed by atoms with Crippen LogP contribution in [0, 0.1) is 0 Å². The lowest BCUT2D eigenvalue weighted by Gasteiger charge is -2.10. The Bertz CT molecular complexity index is 683. The lowest BCUT2D eigenvalue weighted by Crippen LogP contribution is -2.21. The van der Waals surface area contributed by atoms with E-state index in [-0.39, 0.29) is 11.6 Å². The molecule has 2 aromatic rings. The highest BCUT2D eigenvalue weighted by atomic mass is 16.5. The number of pyridine rings is 1. The molecule has 92 valence electrons. The third-order valence-electron chi connectivity index (χ3n) is 3.30. The van der Waals surface area contributed by atoms with Gasteiger partial charge in [-0.25, -0.2) is 4.79 Å². The molecule has 3 rings (SSSR count). The summed E-state index contributed by atoms with van der Waals surface area (Å²) in [6.45, 7) is 0. The number of benzene rings is 1. The Labute approximate surface area is 104 Å². The first-order valence-electron chi connectivity index (χ1n) is 5.94. The Kier molecular flexibility index (Phi) is 2.44. The molecule has 0 N–H and O–H groups in total. The maximum atomic E-state index is 12.3. The first kappa shape index (κ1) is 11.0. The van der Waals surface area contributed by atoms with Crippen molar-refractivity contribution in [1.82, 2.24) is 4.57 Å². The number of aromatic nitrogens is 1. The van der Waals surface area contributed by atoms with Gasteiger partial charge in [0, 0.05) is 23.0 Å². The molecule has 1 fully saturated rings. The topological polar surface area (TPSA) is 48.3 Å². The van der Waals surface area contributed by atoms with Crippen molar-refractivity contribution in [2.45, 2.75) is 18.9 Å². The molecule has 18 heavy (non-hydrogen) atoms. The van der Waals surface area contributed by atoms with Crippen molar-refractivity contribution < 1.29 is 9.53 Å². The lowest BCUT2D eigenvalue weighted by atomic mass is 10.1. The zero-order valence-electron chi connectivity index (χ0n) is 10.1. The van der Waals surface area contributed by atoms with Gasteiger partial charge in [-0.1, -0.05) is 18.2 Å². The van der Waals surface area contributed by atoms with Crippen molar-refractivity contribution in [3.8, 4) is 0 Å². The van der Waals surface area contributed by atoms with E-state index in [2.05, 4.69) is 0 Å². The van der Waals surface area contributed by atoms with Crippen molar-refractivity contribution in [2.24, 2.45) is 0 Å². The van der Waals surface area contributed by atoms with E-state index in [4.69, 9.17) is 4.74 Å². The third-order valence-corrected chi connectivity index (χ3v) is 3.30. The minimum absolute atomic E-state index is 0.0271. The van der Waals surface area contributed by atoms with Gasteiger partial charge in [-0.2, -0.15) is 0 Å². The first-order valence-corrected chi connectivity index (χ1v) is 5.94. The van der Waals surface area contributed by atoms with Gasteiger partial charge in [-0.05, 0) is 18.9 Å². The second kappa shape index (κ2) is 3.98. The summed E-state index contributed by atoms with van der Waals surface area (Å²) < 4.78 is 6.45. The van der Waals surface area contributed by atoms with Crippen LogP contribution in [0.25, 0.3) is 10.8 Å². The zero-order valence-corrected chi connectivity index (χ0v) is 10.1.